The molecule has 19 heavy (non-hydrogen) atoms. The molecule has 0 aliphatic heterocycles. The van der Waals surface area contributed by atoms with E-state index >= 15 is 0 Å². The van der Waals surface area contributed by atoms with E-state index in [1.165, 1.54) is 11.8 Å². The first kappa shape index (κ1) is 13.2. The van der Waals surface area contributed by atoms with Gasteiger partial charge in [0.25, 0.3) is 0 Å². The van der Waals surface area contributed by atoms with Gasteiger partial charge in [-0.25, -0.2) is 4.79 Å². The lowest BCUT2D eigenvalue weighted by Gasteiger charge is -2.07. The summed E-state index contributed by atoms with van der Waals surface area (Å²) in [5.41, 5.74) is 1.21. The zero-order chi connectivity index (χ0) is 13.5. The molecule has 1 heterocycles. The van der Waals surface area contributed by atoms with Gasteiger partial charge in [0.1, 0.15) is 19.0 Å². The van der Waals surface area contributed by atoms with E-state index in [1.807, 2.05) is 24.3 Å². The van der Waals surface area contributed by atoms with Crippen LogP contribution < -0.4 is 4.74 Å². The highest BCUT2D eigenvalue weighted by Gasteiger charge is 2.09. The fraction of sp³-hybridized carbons (Fsp3) is 0.267. The average Bonchev–Trinajstić information content (AvgIpc) is 2.98. The van der Waals surface area contributed by atoms with Crippen molar-refractivity contribution >= 4 is 5.97 Å². The largest absolute Gasteiger partial charge is 0.490 e. The minimum Gasteiger partial charge on any atom is -0.490 e. The summed E-state index contributed by atoms with van der Waals surface area (Å²) in [6.45, 7) is 2.60. The molecule has 1 aromatic heterocycles. The van der Waals surface area contributed by atoms with Crippen molar-refractivity contribution < 1.29 is 18.7 Å². The number of aryl methyl sites for hydroxylation is 1. The van der Waals surface area contributed by atoms with E-state index in [4.69, 9.17) is 13.9 Å². The Kier molecular flexibility index (Phi) is 4.61. The summed E-state index contributed by atoms with van der Waals surface area (Å²) >= 11 is 0. The molecule has 0 saturated carbocycles. The summed E-state index contributed by atoms with van der Waals surface area (Å²) in [5, 5.41) is 0. The van der Waals surface area contributed by atoms with Gasteiger partial charge in [0.05, 0.1) is 6.26 Å². The Labute approximate surface area is 111 Å². The maximum absolute atomic E-state index is 11.4. The molecular formula is C15H16O4. The zero-order valence-corrected chi connectivity index (χ0v) is 10.8. The summed E-state index contributed by atoms with van der Waals surface area (Å²) in [6.07, 6.45) is 2.40. The molecule has 0 aliphatic rings. The SMILES string of the molecule is CCc1cccc(OCCOC(=O)c2ccco2)c1. The molecule has 0 spiro atoms. The molecule has 4 heteroatoms. The first-order valence-corrected chi connectivity index (χ1v) is 6.22. The highest BCUT2D eigenvalue weighted by molar-refractivity contribution is 5.86. The topological polar surface area (TPSA) is 48.7 Å². The number of hydrogen-bond acceptors (Lipinski definition) is 4. The normalized spacial score (nSPS) is 10.2. The first-order valence-electron chi connectivity index (χ1n) is 6.22. The molecule has 2 rings (SSSR count). The standard InChI is InChI=1S/C15H16O4/c1-2-12-5-3-6-13(11-12)17-9-10-19-15(16)14-7-4-8-18-14/h3-8,11H,2,9-10H2,1H3. The third-order valence-electron chi connectivity index (χ3n) is 2.61. The van der Waals surface area contributed by atoms with Gasteiger partial charge in [-0.15, -0.1) is 0 Å². The van der Waals surface area contributed by atoms with E-state index in [1.54, 1.807) is 12.1 Å². The molecule has 0 saturated heterocycles. The lowest BCUT2D eigenvalue weighted by Crippen LogP contribution is -2.11. The van der Waals surface area contributed by atoms with Crippen molar-refractivity contribution in [2.45, 2.75) is 13.3 Å². The molecule has 0 atom stereocenters. The molecule has 0 radical (unpaired) electrons. The lowest BCUT2D eigenvalue weighted by atomic mass is 10.2. The van der Waals surface area contributed by atoms with Crippen LogP contribution in [0.2, 0.25) is 0 Å². The minimum atomic E-state index is -0.476. The Bertz CT molecular complexity index is 517. The lowest BCUT2D eigenvalue weighted by molar-refractivity contribution is 0.0415. The van der Waals surface area contributed by atoms with Gasteiger partial charge in [-0.2, -0.15) is 0 Å². The molecule has 2 aromatic rings. The molecule has 0 amide bonds. The quantitative estimate of drug-likeness (QED) is 0.591. The van der Waals surface area contributed by atoms with Crippen LogP contribution in [0.25, 0.3) is 0 Å². The number of hydrogen-bond donors (Lipinski definition) is 0. The maximum atomic E-state index is 11.4. The van der Waals surface area contributed by atoms with Crippen molar-refractivity contribution in [1.82, 2.24) is 0 Å². The van der Waals surface area contributed by atoms with Crippen LogP contribution in [0.3, 0.4) is 0 Å². The molecule has 0 N–H and O–H groups in total. The van der Waals surface area contributed by atoms with Gasteiger partial charge in [-0.05, 0) is 36.2 Å². The molecule has 0 bridgehead atoms. The van der Waals surface area contributed by atoms with Crippen LogP contribution in [-0.2, 0) is 11.2 Å². The van der Waals surface area contributed by atoms with E-state index in [2.05, 4.69) is 6.92 Å². The zero-order valence-electron chi connectivity index (χ0n) is 10.8. The van der Waals surface area contributed by atoms with Crippen LogP contribution >= 0.6 is 0 Å². The van der Waals surface area contributed by atoms with Crippen molar-refractivity contribution in [3.05, 3.63) is 54.0 Å². The summed E-state index contributed by atoms with van der Waals surface area (Å²) < 4.78 is 15.4. The van der Waals surface area contributed by atoms with Crippen molar-refractivity contribution in [2.24, 2.45) is 0 Å². The third-order valence-corrected chi connectivity index (χ3v) is 2.61. The van der Waals surface area contributed by atoms with Crippen LogP contribution in [0.1, 0.15) is 23.0 Å². The number of esters is 1. The van der Waals surface area contributed by atoms with Crippen molar-refractivity contribution in [3.63, 3.8) is 0 Å². The van der Waals surface area contributed by atoms with Gasteiger partial charge in [0, 0.05) is 0 Å². The Morgan fingerprint density at radius 2 is 2.11 bits per heavy atom. The van der Waals surface area contributed by atoms with E-state index in [9.17, 15) is 4.79 Å². The predicted octanol–water partition coefficient (Wildman–Crippen LogP) is 3.08. The molecule has 100 valence electrons. The Morgan fingerprint density at radius 1 is 1.21 bits per heavy atom. The van der Waals surface area contributed by atoms with Crippen LogP contribution in [-0.4, -0.2) is 19.2 Å². The van der Waals surface area contributed by atoms with Gasteiger partial charge in [0.15, 0.2) is 0 Å². The summed E-state index contributed by atoms with van der Waals surface area (Å²) in [5.74, 6) is 0.511. The maximum Gasteiger partial charge on any atom is 0.374 e. The molecule has 4 nitrogen and oxygen atoms in total. The number of carbonyl (C=O) groups excluding carboxylic acids is 1. The Balaban J connectivity index is 1.73. The van der Waals surface area contributed by atoms with Gasteiger partial charge in [-0.3, -0.25) is 0 Å². The van der Waals surface area contributed by atoms with Crippen LogP contribution in [0.15, 0.2) is 47.1 Å². The van der Waals surface area contributed by atoms with E-state index < -0.39 is 5.97 Å². The number of carbonyl (C=O) groups is 1. The van der Waals surface area contributed by atoms with Gasteiger partial charge in [-0.1, -0.05) is 19.1 Å². The highest BCUT2D eigenvalue weighted by Crippen LogP contribution is 2.13. The highest BCUT2D eigenvalue weighted by atomic mass is 16.6. The van der Waals surface area contributed by atoms with Crippen molar-refractivity contribution in [3.8, 4) is 5.75 Å². The van der Waals surface area contributed by atoms with Gasteiger partial charge < -0.3 is 13.9 Å². The smallest absolute Gasteiger partial charge is 0.374 e. The van der Waals surface area contributed by atoms with E-state index in [-0.39, 0.29) is 12.4 Å². The van der Waals surface area contributed by atoms with Crippen LogP contribution in [0.4, 0.5) is 0 Å². The molecular weight excluding hydrogens is 244 g/mol. The van der Waals surface area contributed by atoms with Crippen LogP contribution in [0.5, 0.6) is 5.75 Å². The number of furan rings is 1. The molecule has 0 fully saturated rings. The third kappa shape index (κ3) is 3.88. The van der Waals surface area contributed by atoms with Crippen LogP contribution in [0, 0.1) is 0 Å². The van der Waals surface area contributed by atoms with Crippen molar-refractivity contribution in [2.75, 3.05) is 13.2 Å². The second-order valence-corrected chi connectivity index (χ2v) is 3.96. The number of rotatable bonds is 6. The van der Waals surface area contributed by atoms with Gasteiger partial charge >= 0.3 is 5.97 Å². The Hall–Kier alpha value is -2.23. The summed E-state index contributed by atoms with van der Waals surface area (Å²) in [6, 6.07) is 11.1. The summed E-state index contributed by atoms with van der Waals surface area (Å²) in [7, 11) is 0. The van der Waals surface area contributed by atoms with Crippen molar-refractivity contribution in [1.29, 1.82) is 0 Å². The average molecular weight is 260 g/mol. The fourth-order valence-corrected chi connectivity index (χ4v) is 1.61. The number of benzene rings is 1. The van der Waals surface area contributed by atoms with Gasteiger partial charge in [0.2, 0.25) is 5.76 Å². The number of ether oxygens (including phenoxy) is 2. The molecule has 1 aromatic carbocycles. The minimum absolute atomic E-state index is 0.190. The molecule has 0 unspecified atom stereocenters. The van der Waals surface area contributed by atoms with E-state index in [0.29, 0.717) is 6.61 Å². The predicted molar refractivity (Wildman–Crippen MR) is 70.3 cm³/mol. The van der Waals surface area contributed by atoms with E-state index in [0.717, 1.165) is 12.2 Å². The second-order valence-electron chi connectivity index (χ2n) is 3.96. The Morgan fingerprint density at radius 3 is 2.84 bits per heavy atom. The summed E-state index contributed by atoms with van der Waals surface area (Å²) in [4.78, 5) is 11.4. The second kappa shape index (κ2) is 6.64. The monoisotopic (exact) mass is 260 g/mol. The molecule has 0 aliphatic carbocycles. The first-order chi connectivity index (χ1) is 9.29. The fourth-order valence-electron chi connectivity index (χ4n) is 1.61.